The van der Waals surface area contributed by atoms with Crippen LogP contribution in [0, 0.1) is 13.8 Å². The lowest BCUT2D eigenvalue weighted by atomic mass is 10.2. The van der Waals surface area contributed by atoms with E-state index in [-0.39, 0.29) is 12.6 Å². The first-order valence-electron chi connectivity index (χ1n) is 5.34. The molecule has 1 aromatic heterocycles. The second kappa shape index (κ2) is 6.70. The number of rotatable bonds is 6. The van der Waals surface area contributed by atoms with Crippen molar-refractivity contribution >= 4 is 17.7 Å². The molecule has 1 atom stereocenters. The smallest absolute Gasteiger partial charge is 0.223 e. The number of anilines is 1. The molecule has 0 saturated carbocycles. The van der Waals surface area contributed by atoms with E-state index >= 15 is 0 Å². The first kappa shape index (κ1) is 13.3. The molecule has 1 heterocycles. The summed E-state index contributed by atoms with van der Waals surface area (Å²) in [5.74, 6) is 1.60. The number of aromatic nitrogens is 2. The summed E-state index contributed by atoms with van der Waals surface area (Å²) in [4.78, 5) is 8.65. The predicted octanol–water partition coefficient (Wildman–Crippen LogP) is 1.62. The summed E-state index contributed by atoms with van der Waals surface area (Å²) in [7, 11) is 0. The zero-order chi connectivity index (χ0) is 12.0. The maximum atomic E-state index is 8.96. The van der Waals surface area contributed by atoms with Crippen molar-refractivity contribution < 1.29 is 5.11 Å². The quantitative estimate of drug-likeness (QED) is 0.792. The Hall–Kier alpha value is -0.810. The lowest BCUT2D eigenvalue weighted by molar-refractivity contribution is 0.282. The van der Waals surface area contributed by atoms with Crippen LogP contribution in [-0.4, -0.2) is 39.7 Å². The Kier molecular flexibility index (Phi) is 5.55. The van der Waals surface area contributed by atoms with Gasteiger partial charge < -0.3 is 10.4 Å². The van der Waals surface area contributed by atoms with Gasteiger partial charge in [-0.15, -0.1) is 0 Å². The van der Waals surface area contributed by atoms with E-state index in [1.807, 2.05) is 19.9 Å². The van der Waals surface area contributed by atoms with Gasteiger partial charge in [-0.25, -0.2) is 9.97 Å². The van der Waals surface area contributed by atoms with Gasteiger partial charge in [-0.3, -0.25) is 0 Å². The van der Waals surface area contributed by atoms with E-state index in [9.17, 15) is 0 Å². The molecule has 16 heavy (non-hydrogen) atoms. The highest BCUT2D eigenvalue weighted by Gasteiger charge is 2.09. The highest BCUT2D eigenvalue weighted by atomic mass is 32.2. The summed E-state index contributed by atoms with van der Waals surface area (Å²) < 4.78 is 0. The summed E-state index contributed by atoms with van der Waals surface area (Å²) in [5, 5.41) is 12.2. The SMILES string of the molecule is CSCC(CCO)Nc1nc(C)cc(C)n1. The van der Waals surface area contributed by atoms with Crippen LogP contribution in [0.3, 0.4) is 0 Å². The molecule has 1 unspecified atom stereocenters. The fourth-order valence-electron chi connectivity index (χ4n) is 1.53. The molecule has 2 N–H and O–H groups in total. The fraction of sp³-hybridized carbons (Fsp3) is 0.636. The number of hydrogen-bond acceptors (Lipinski definition) is 5. The molecule has 0 aliphatic carbocycles. The minimum atomic E-state index is 0.184. The lowest BCUT2D eigenvalue weighted by Crippen LogP contribution is -2.25. The second-order valence-electron chi connectivity index (χ2n) is 3.78. The largest absolute Gasteiger partial charge is 0.396 e. The van der Waals surface area contributed by atoms with Gasteiger partial charge in [-0.05, 0) is 32.6 Å². The molecule has 0 aliphatic heterocycles. The van der Waals surface area contributed by atoms with E-state index in [2.05, 4.69) is 21.5 Å². The summed E-state index contributed by atoms with van der Waals surface area (Å²) in [6.45, 7) is 4.09. The predicted molar refractivity (Wildman–Crippen MR) is 69.0 cm³/mol. The molecule has 0 amide bonds. The van der Waals surface area contributed by atoms with Crippen LogP contribution in [-0.2, 0) is 0 Å². The number of aryl methyl sites for hydroxylation is 2. The van der Waals surface area contributed by atoms with Crippen molar-refractivity contribution in [3.8, 4) is 0 Å². The van der Waals surface area contributed by atoms with Gasteiger partial charge in [0.2, 0.25) is 5.95 Å². The van der Waals surface area contributed by atoms with Crippen LogP contribution in [0.1, 0.15) is 17.8 Å². The number of thioether (sulfide) groups is 1. The molecule has 0 spiro atoms. The first-order valence-corrected chi connectivity index (χ1v) is 6.73. The Labute approximate surface area is 101 Å². The number of nitrogens with zero attached hydrogens (tertiary/aromatic N) is 2. The highest BCUT2D eigenvalue weighted by Crippen LogP contribution is 2.09. The standard InChI is InChI=1S/C11H19N3OS/c1-8-6-9(2)13-11(12-8)14-10(4-5-15)7-16-3/h6,10,15H,4-5,7H2,1-3H3,(H,12,13,14). The second-order valence-corrected chi connectivity index (χ2v) is 4.69. The topological polar surface area (TPSA) is 58.0 Å². The normalized spacial score (nSPS) is 12.5. The molecule has 1 rings (SSSR count). The van der Waals surface area contributed by atoms with Crippen LogP contribution in [0.5, 0.6) is 0 Å². The molecule has 0 aliphatic rings. The third-order valence-corrected chi connectivity index (χ3v) is 2.90. The average molecular weight is 241 g/mol. The molecule has 5 heteroatoms. The zero-order valence-corrected chi connectivity index (χ0v) is 10.8. The van der Waals surface area contributed by atoms with Crippen molar-refractivity contribution in [3.63, 3.8) is 0 Å². The van der Waals surface area contributed by atoms with Crippen molar-refractivity contribution in [1.82, 2.24) is 9.97 Å². The molecule has 0 saturated heterocycles. The molecule has 1 aromatic rings. The molecule has 4 nitrogen and oxygen atoms in total. The van der Waals surface area contributed by atoms with E-state index in [0.717, 1.165) is 23.6 Å². The van der Waals surface area contributed by atoms with Gasteiger partial charge in [-0.2, -0.15) is 11.8 Å². The fourth-order valence-corrected chi connectivity index (χ4v) is 2.18. The minimum Gasteiger partial charge on any atom is -0.396 e. The first-order chi connectivity index (χ1) is 7.65. The van der Waals surface area contributed by atoms with E-state index in [1.54, 1.807) is 11.8 Å². The molecule has 0 bridgehead atoms. The van der Waals surface area contributed by atoms with Crippen molar-refractivity contribution in [2.45, 2.75) is 26.3 Å². The van der Waals surface area contributed by atoms with Gasteiger partial charge in [0.05, 0.1) is 0 Å². The van der Waals surface area contributed by atoms with Gasteiger partial charge in [0, 0.05) is 29.8 Å². The molecule has 90 valence electrons. The number of aliphatic hydroxyl groups excluding tert-OH is 1. The van der Waals surface area contributed by atoms with Crippen LogP contribution in [0.4, 0.5) is 5.95 Å². The van der Waals surface area contributed by atoms with Crippen molar-refractivity contribution in [2.24, 2.45) is 0 Å². The maximum absolute atomic E-state index is 8.96. The summed E-state index contributed by atoms with van der Waals surface area (Å²) in [6.07, 6.45) is 2.77. The summed E-state index contributed by atoms with van der Waals surface area (Å²) in [6, 6.07) is 2.17. The van der Waals surface area contributed by atoms with Crippen LogP contribution in [0.2, 0.25) is 0 Å². The molecular weight excluding hydrogens is 222 g/mol. The van der Waals surface area contributed by atoms with Gasteiger partial charge in [0.15, 0.2) is 0 Å². The Morgan fingerprint density at radius 3 is 2.50 bits per heavy atom. The highest BCUT2D eigenvalue weighted by molar-refractivity contribution is 7.98. The number of hydrogen-bond donors (Lipinski definition) is 2. The van der Waals surface area contributed by atoms with E-state index in [0.29, 0.717) is 5.95 Å². The third-order valence-electron chi connectivity index (χ3n) is 2.16. The van der Waals surface area contributed by atoms with Crippen LogP contribution < -0.4 is 5.32 Å². The van der Waals surface area contributed by atoms with E-state index in [1.165, 1.54) is 0 Å². The number of nitrogens with one attached hydrogen (secondary N) is 1. The average Bonchev–Trinajstić information content (AvgIpc) is 2.16. The van der Waals surface area contributed by atoms with Crippen LogP contribution in [0.25, 0.3) is 0 Å². The van der Waals surface area contributed by atoms with Crippen molar-refractivity contribution in [1.29, 1.82) is 0 Å². The Bertz CT molecular complexity index is 307. The Balaban J connectivity index is 2.68. The van der Waals surface area contributed by atoms with Crippen LogP contribution >= 0.6 is 11.8 Å². The maximum Gasteiger partial charge on any atom is 0.223 e. The molecule has 0 aromatic carbocycles. The lowest BCUT2D eigenvalue weighted by Gasteiger charge is -2.16. The Morgan fingerprint density at radius 2 is 2.00 bits per heavy atom. The Morgan fingerprint density at radius 1 is 1.38 bits per heavy atom. The van der Waals surface area contributed by atoms with Gasteiger partial charge in [-0.1, -0.05) is 0 Å². The number of aliphatic hydroxyl groups is 1. The summed E-state index contributed by atoms with van der Waals surface area (Å²) >= 11 is 1.75. The minimum absolute atomic E-state index is 0.184. The third kappa shape index (κ3) is 4.37. The van der Waals surface area contributed by atoms with Gasteiger partial charge >= 0.3 is 0 Å². The molecular formula is C11H19N3OS. The summed E-state index contributed by atoms with van der Waals surface area (Å²) in [5.41, 5.74) is 1.92. The van der Waals surface area contributed by atoms with Crippen molar-refractivity contribution in [2.75, 3.05) is 23.9 Å². The molecule has 0 fully saturated rings. The zero-order valence-electron chi connectivity index (χ0n) is 10.0. The van der Waals surface area contributed by atoms with Crippen molar-refractivity contribution in [3.05, 3.63) is 17.5 Å². The van der Waals surface area contributed by atoms with E-state index < -0.39 is 0 Å². The van der Waals surface area contributed by atoms with Gasteiger partial charge in [0.25, 0.3) is 0 Å². The van der Waals surface area contributed by atoms with Crippen LogP contribution in [0.15, 0.2) is 6.07 Å². The monoisotopic (exact) mass is 241 g/mol. The molecule has 0 radical (unpaired) electrons. The van der Waals surface area contributed by atoms with Gasteiger partial charge in [0.1, 0.15) is 0 Å². The van der Waals surface area contributed by atoms with E-state index in [4.69, 9.17) is 5.11 Å².